The molecule has 0 saturated carbocycles. The number of nitrogen functional groups attached to an aromatic ring is 1. The molecule has 2 aromatic heterocycles. The van der Waals surface area contributed by atoms with Gasteiger partial charge in [-0.05, 0) is 45.0 Å². The van der Waals surface area contributed by atoms with Gasteiger partial charge in [-0.2, -0.15) is 4.31 Å². The summed E-state index contributed by atoms with van der Waals surface area (Å²) in [4.78, 5) is 47.1. The first-order valence-corrected chi connectivity index (χ1v) is 18.9. The third-order valence-corrected chi connectivity index (χ3v) is 11.1. The van der Waals surface area contributed by atoms with Crippen LogP contribution in [0.25, 0.3) is 11.2 Å². The second-order valence-electron chi connectivity index (χ2n) is 12.2. The average molecular weight is 785 g/mol. The Balaban J connectivity index is 1.25. The zero-order chi connectivity index (χ0) is 36.8. The van der Waals surface area contributed by atoms with E-state index in [0.717, 1.165) is 23.0 Å². The number of aromatic nitrogens is 4. The number of aliphatic hydroxyl groups is 4. The molecule has 20 nitrogen and oxygen atoms in total. The SMILES string of the molecule is CC(C)(C)OC(=O)N1C[C@H](O)[C@H](O)[C@H]1COP(=O)(O)OP(=O)(O)OC[C@H]1O[C@@H](n2c(Sc3ccc(Cl)cc3)nc3c(N)ncnc32)[C@H](O)[C@@H]1O. The molecule has 2 unspecified atom stereocenters. The van der Waals surface area contributed by atoms with Crippen LogP contribution in [0.5, 0.6) is 0 Å². The number of carbonyl (C=O) groups excluding carboxylic acids is 1. The lowest BCUT2D eigenvalue weighted by Gasteiger charge is -2.29. The van der Waals surface area contributed by atoms with E-state index in [0.29, 0.717) is 9.92 Å². The van der Waals surface area contributed by atoms with Crippen molar-refractivity contribution < 1.29 is 67.0 Å². The number of hydrogen-bond donors (Lipinski definition) is 7. The Labute approximate surface area is 293 Å². The number of hydrogen-bond acceptors (Lipinski definition) is 17. The molecule has 276 valence electrons. The third kappa shape index (κ3) is 8.94. The number of ether oxygens (including phenoxy) is 2. The fourth-order valence-electron chi connectivity index (χ4n) is 5.02. The molecule has 3 aromatic rings. The number of phosphoric ester groups is 2. The third-order valence-electron chi connectivity index (χ3n) is 7.30. The number of benzene rings is 1. The van der Waals surface area contributed by atoms with E-state index in [2.05, 4.69) is 19.3 Å². The van der Waals surface area contributed by atoms with Crippen molar-refractivity contribution in [2.75, 3.05) is 25.5 Å². The fraction of sp³-hybridized carbons (Fsp3) is 0.538. The highest BCUT2D eigenvalue weighted by atomic mass is 35.5. The normalized spacial score (nSPS) is 28.1. The summed E-state index contributed by atoms with van der Waals surface area (Å²) in [6.07, 6.45) is -9.16. The summed E-state index contributed by atoms with van der Waals surface area (Å²) in [5.74, 6) is 0.0183. The maximum Gasteiger partial charge on any atom is 0.481 e. The summed E-state index contributed by atoms with van der Waals surface area (Å²) < 4.78 is 51.6. The summed E-state index contributed by atoms with van der Waals surface area (Å²) in [6, 6.07) is 5.32. The number of halogens is 1. The summed E-state index contributed by atoms with van der Waals surface area (Å²) >= 11 is 7.11. The highest BCUT2D eigenvalue weighted by Gasteiger charge is 2.48. The highest BCUT2D eigenvalue weighted by molar-refractivity contribution is 7.99. The van der Waals surface area contributed by atoms with Crippen molar-refractivity contribution in [3.63, 3.8) is 0 Å². The van der Waals surface area contributed by atoms with Crippen LogP contribution in [0.15, 0.2) is 40.6 Å². The summed E-state index contributed by atoms with van der Waals surface area (Å²) in [6.45, 7) is 2.48. The molecular weight excluding hydrogens is 750 g/mol. The molecule has 2 saturated heterocycles. The van der Waals surface area contributed by atoms with Crippen molar-refractivity contribution in [3.05, 3.63) is 35.6 Å². The second kappa shape index (κ2) is 14.9. The quantitative estimate of drug-likeness (QED) is 0.135. The molecule has 0 radical (unpaired) electrons. The molecule has 8 N–H and O–H groups in total. The number of nitrogens with zero attached hydrogens (tertiary/aromatic N) is 5. The van der Waals surface area contributed by atoms with E-state index in [1.54, 1.807) is 45.0 Å². The van der Waals surface area contributed by atoms with Crippen LogP contribution in [0.3, 0.4) is 0 Å². The van der Waals surface area contributed by atoms with Gasteiger partial charge >= 0.3 is 21.7 Å². The monoisotopic (exact) mass is 784 g/mol. The molecule has 9 atom stereocenters. The van der Waals surface area contributed by atoms with Crippen molar-refractivity contribution in [1.82, 2.24) is 24.4 Å². The van der Waals surface area contributed by atoms with Gasteiger partial charge in [-0.1, -0.05) is 23.4 Å². The largest absolute Gasteiger partial charge is 0.481 e. The summed E-state index contributed by atoms with van der Waals surface area (Å²) in [5, 5.41) is 42.9. The van der Waals surface area contributed by atoms with Crippen LogP contribution in [0, 0.1) is 0 Å². The van der Waals surface area contributed by atoms with Gasteiger partial charge in [-0.15, -0.1) is 0 Å². The maximum atomic E-state index is 12.7. The van der Waals surface area contributed by atoms with Gasteiger partial charge in [0.15, 0.2) is 28.4 Å². The summed E-state index contributed by atoms with van der Waals surface area (Å²) in [5.41, 5.74) is 5.34. The number of phosphoric acid groups is 2. The van der Waals surface area contributed by atoms with Gasteiger partial charge in [-0.25, -0.2) is 28.9 Å². The zero-order valence-electron chi connectivity index (χ0n) is 26.5. The maximum absolute atomic E-state index is 12.7. The standard InChI is InChI=1S/C26H35ClN6O14P2S/c1-26(2,3)46-25(38)32-8-15(34)18(35)14(32)9-43-48(39,40)47-49(41,42)44-10-16-19(36)20(37)23(45-16)33-22-17(21(28)29-11-30-22)31-24(33)50-13-6-4-12(27)5-7-13/h4-7,11,14-16,18-20,23,34-37H,8-10H2,1-3H3,(H,39,40)(H,41,42)(H2,28,29,30)/t14-,15+,16-,18-,19-,20-,23-/m1/s1. The number of fused-ring (bicyclic) bond motifs is 1. The van der Waals surface area contributed by atoms with Crippen LogP contribution in [0.1, 0.15) is 27.0 Å². The average Bonchev–Trinajstić information content (AvgIpc) is 3.61. The second-order valence-corrected chi connectivity index (χ2v) is 16.7. The van der Waals surface area contributed by atoms with E-state index < -0.39 is 89.9 Å². The van der Waals surface area contributed by atoms with Gasteiger partial charge in [0.1, 0.15) is 36.3 Å². The minimum atomic E-state index is -5.45. The zero-order valence-corrected chi connectivity index (χ0v) is 29.9. The van der Waals surface area contributed by atoms with Gasteiger partial charge < -0.3 is 45.4 Å². The van der Waals surface area contributed by atoms with E-state index in [4.69, 9.17) is 35.9 Å². The van der Waals surface area contributed by atoms with Crippen molar-refractivity contribution in [2.24, 2.45) is 0 Å². The molecule has 5 rings (SSSR count). The number of rotatable bonds is 11. The number of nitrogens with two attached hydrogens (primary N) is 1. The Morgan fingerprint density at radius 2 is 1.68 bits per heavy atom. The van der Waals surface area contributed by atoms with Crippen LogP contribution in [0.2, 0.25) is 5.02 Å². The predicted molar refractivity (Wildman–Crippen MR) is 173 cm³/mol. The number of anilines is 1. The summed E-state index contributed by atoms with van der Waals surface area (Å²) in [7, 11) is -10.9. The van der Waals surface area contributed by atoms with Gasteiger partial charge in [0, 0.05) is 9.92 Å². The van der Waals surface area contributed by atoms with Crippen LogP contribution < -0.4 is 5.73 Å². The Hall–Kier alpha value is -2.46. The van der Waals surface area contributed by atoms with Crippen LogP contribution >= 0.6 is 39.0 Å². The lowest BCUT2D eigenvalue weighted by atomic mass is 10.1. The molecule has 50 heavy (non-hydrogen) atoms. The Bertz CT molecular complexity index is 1800. The van der Waals surface area contributed by atoms with Crippen LogP contribution in [-0.4, -0.2) is 123 Å². The van der Waals surface area contributed by atoms with E-state index in [9.17, 15) is 44.1 Å². The van der Waals surface area contributed by atoms with Gasteiger partial charge in [0.05, 0.1) is 31.9 Å². The van der Waals surface area contributed by atoms with Crippen molar-refractivity contribution in [2.45, 2.75) is 79.2 Å². The van der Waals surface area contributed by atoms with Crippen LogP contribution in [-0.2, 0) is 32.0 Å². The Morgan fingerprint density at radius 3 is 2.32 bits per heavy atom. The molecule has 2 aliphatic heterocycles. The van der Waals surface area contributed by atoms with E-state index in [1.165, 1.54) is 4.57 Å². The van der Waals surface area contributed by atoms with E-state index in [1.807, 2.05) is 0 Å². The first-order chi connectivity index (χ1) is 23.2. The first-order valence-electron chi connectivity index (χ1n) is 14.7. The highest BCUT2D eigenvalue weighted by Crippen LogP contribution is 2.60. The minimum Gasteiger partial charge on any atom is -0.444 e. The smallest absolute Gasteiger partial charge is 0.444 e. The van der Waals surface area contributed by atoms with Crippen LogP contribution in [0.4, 0.5) is 10.6 Å². The van der Waals surface area contributed by atoms with Crippen molar-refractivity contribution in [3.8, 4) is 0 Å². The minimum absolute atomic E-state index is 0.0183. The molecule has 2 aliphatic rings. The number of imidazole rings is 1. The molecular formula is C26H35ClN6O14P2S. The first kappa shape index (κ1) is 38.8. The predicted octanol–water partition coefficient (Wildman–Crippen LogP) is 1.42. The molecule has 1 aromatic carbocycles. The Kier molecular flexibility index (Phi) is 11.5. The van der Waals surface area contributed by atoms with E-state index in [-0.39, 0.29) is 22.1 Å². The molecule has 0 bridgehead atoms. The number of β-amino-alcohol motifs (C(OH)–C–C–N with tert-alkyl or cyclic N) is 1. The molecule has 24 heteroatoms. The molecule has 2 fully saturated rings. The van der Waals surface area contributed by atoms with Crippen molar-refractivity contribution >= 4 is 62.1 Å². The fourth-order valence-corrected chi connectivity index (χ4v) is 8.15. The number of amides is 1. The number of likely N-dealkylation sites (tertiary alicyclic amines) is 1. The van der Waals surface area contributed by atoms with Gasteiger partial charge in [0.25, 0.3) is 0 Å². The molecule has 0 spiro atoms. The lowest BCUT2D eigenvalue weighted by Crippen LogP contribution is -2.45. The molecule has 1 amide bonds. The van der Waals surface area contributed by atoms with Crippen molar-refractivity contribution in [1.29, 1.82) is 0 Å². The van der Waals surface area contributed by atoms with Gasteiger partial charge in [-0.3, -0.25) is 18.5 Å². The number of carbonyl (C=O) groups is 1. The topological polar surface area (TPSA) is 292 Å². The van der Waals surface area contributed by atoms with Gasteiger partial charge in [0.2, 0.25) is 0 Å². The molecule has 4 heterocycles. The molecule has 0 aliphatic carbocycles. The van der Waals surface area contributed by atoms with E-state index >= 15 is 0 Å². The number of aliphatic hydroxyl groups excluding tert-OH is 4. The Morgan fingerprint density at radius 1 is 1.04 bits per heavy atom. The lowest BCUT2D eigenvalue weighted by molar-refractivity contribution is -0.0542.